The molecule has 98 valence electrons. The Balaban J connectivity index is 2.15. The van der Waals surface area contributed by atoms with Gasteiger partial charge in [-0.2, -0.15) is 0 Å². The topological polar surface area (TPSA) is 81.0 Å². The molecule has 1 heterocycles. The van der Waals surface area contributed by atoms with E-state index in [-0.39, 0.29) is 11.7 Å². The van der Waals surface area contributed by atoms with Gasteiger partial charge in [0.15, 0.2) is 0 Å². The van der Waals surface area contributed by atoms with Gasteiger partial charge in [0, 0.05) is 24.5 Å². The van der Waals surface area contributed by atoms with Crippen molar-refractivity contribution in [1.82, 2.24) is 9.97 Å². The molecule has 0 aliphatic carbocycles. The third kappa shape index (κ3) is 3.25. The SMILES string of the molecule is Cc1cnc(NC(C)c2cccc([N+](=O)[O-])c2)nc1. The number of hydrogen-bond donors (Lipinski definition) is 1. The molecule has 1 atom stereocenters. The number of nitrogens with zero attached hydrogens (tertiary/aromatic N) is 3. The Kier molecular flexibility index (Phi) is 3.70. The van der Waals surface area contributed by atoms with Crippen molar-refractivity contribution in [2.75, 3.05) is 5.32 Å². The summed E-state index contributed by atoms with van der Waals surface area (Å²) in [5.41, 5.74) is 1.88. The Hall–Kier alpha value is -2.50. The van der Waals surface area contributed by atoms with Gasteiger partial charge in [-0.1, -0.05) is 12.1 Å². The fourth-order valence-corrected chi connectivity index (χ4v) is 1.65. The average Bonchev–Trinajstić information content (AvgIpc) is 2.41. The highest BCUT2D eigenvalue weighted by molar-refractivity contribution is 5.39. The van der Waals surface area contributed by atoms with Gasteiger partial charge in [-0.3, -0.25) is 10.1 Å². The van der Waals surface area contributed by atoms with Crippen LogP contribution in [0, 0.1) is 17.0 Å². The number of rotatable bonds is 4. The van der Waals surface area contributed by atoms with E-state index in [0.717, 1.165) is 11.1 Å². The first-order valence-corrected chi connectivity index (χ1v) is 5.86. The molecule has 2 rings (SSSR count). The van der Waals surface area contributed by atoms with Crippen molar-refractivity contribution in [3.05, 3.63) is 57.9 Å². The zero-order chi connectivity index (χ0) is 13.8. The Bertz CT molecular complexity index is 583. The van der Waals surface area contributed by atoms with Crippen LogP contribution >= 0.6 is 0 Å². The number of nitro groups is 1. The number of hydrogen-bond acceptors (Lipinski definition) is 5. The monoisotopic (exact) mass is 258 g/mol. The van der Waals surface area contributed by atoms with Crippen molar-refractivity contribution in [3.8, 4) is 0 Å². The minimum absolute atomic E-state index is 0.0796. The highest BCUT2D eigenvalue weighted by Gasteiger charge is 2.11. The number of anilines is 1. The predicted molar refractivity (Wildman–Crippen MR) is 71.9 cm³/mol. The summed E-state index contributed by atoms with van der Waals surface area (Å²) in [4.78, 5) is 18.6. The van der Waals surface area contributed by atoms with Crippen LogP contribution in [-0.4, -0.2) is 14.9 Å². The second kappa shape index (κ2) is 5.43. The standard InChI is InChI=1S/C13H14N4O2/c1-9-7-14-13(15-8-9)16-10(2)11-4-3-5-12(6-11)17(18)19/h3-8,10H,1-2H3,(H,14,15,16). The summed E-state index contributed by atoms with van der Waals surface area (Å²) in [6.07, 6.45) is 3.44. The largest absolute Gasteiger partial charge is 0.348 e. The first-order valence-electron chi connectivity index (χ1n) is 5.86. The van der Waals surface area contributed by atoms with Crippen LogP contribution in [0.15, 0.2) is 36.7 Å². The minimum atomic E-state index is -0.404. The summed E-state index contributed by atoms with van der Waals surface area (Å²) in [5.74, 6) is 0.504. The van der Waals surface area contributed by atoms with E-state index in [1.165, 1.54) is 6.07 Å². The molecule has 0 saturated carbocycles. The van der Waals surface area contributed by atoms with E-state index in [2.05, 4.69) is 15.3 Å². The molecule has 1 N–H and O–H groups in total. The number of aromatic nitrogens is 2. The molecule has 1 aromatic heterocycles. The minimum Gasteiger partial charge on any atom is -0.348 e. The van der Waals surface area contributed by atoms with Crippen molar-refractivity contribution in [1.29, 1.82) is 0 Å². The molecule has 1 aromatic carbocycles. The summed E-state index contributed by atoms with van der Waals surface area (Å²) in [6.45, 7) is 3.82. The fraction of sp³-hybridized carbons (Fsp3) is 0.231. The maximum absolute atomic E-state index is 10.7. The lowest BCUT2D eigenvalue weighted by molar-refractivity contribution is -0.384. The molecule has 0 spiro atoms. The van der Waals surface area contributed by atoms with Gasteiger partial charge in [0.1, 0.15) is 0 Å². The normalized spacial score (nSPS) is 11.9. The average molecular weight is 258 g/mol. The van der Waals surface area contributed by atoms with Crippen LogP contribution in [0.1, 0.15) is 24.1 Å². The molecule has 0 fully saturated rings. The third-order valence-corrected chi connectivity index (χ3v) is 2.71. The zero-order valence-corrected chi connectivity index (χ0v) is 10.7. The first-order chi connectivity index (χ1) is 9.06. The molecule has 19 heavy (non-hydrogen) atoms. The molecule has 0 radical (unpaired) electrons. The van der Waals surface area contributed by atoms with Crippen LogP contribution in [0.2, 0.25) is 0 Å². The van der Waals surface area contributed by atoms with Gasteiger partial charge < -0.3 is 5.32 Å². The van der Waals surface area contributed by atoms with E-state index in [0.29, 0.717) is 5.95 Å². The van der Waals surface area contributed by atoms with E-state index in [4.69, 9.17) is 0 Å². The van der Waals surface area contributed by atoms with E-state index in [1.807, 2.05) is 19.9 Å². The van der Waals surface area contributed by atoms with Crippen molar-refractivity contribution in [2.24, 2.45) is 0 Å². The summed E-state index contributed by atoms with van der Waals surface area (Å²) >= 11 is 0. The maximum Gasteiger partial charge on any atom is 0.269 e. The third-order valence-electron chi connectivity index (χ3n) is 2.71. The number of non-ortho nitro benzene ring substituents is 1. The quantitative estimate of drug-likeness (QED) is 0.673. The van der Waals surface area contributed by atoms with Crippen LogP contribution < -0.4 is 5.32 Å². The number of nitrogens with one attached hydrogen (secondary N) is 1. The fourth-order valence-electron chi connectivity index (χ4n) is 1.65. The molecule has 0 amide bonds. The summed E-state index contributed by atoms with van der Waals surface area (Å²) in [6, 6.07) is 6.41. The Morgan fingerprint density at radius 3 is 2.63 bits per heavy atom. The molecule has 0 bridgehead atoms. The Morgan fingerprint density at radius 1 is 1.32 bits per heavy atom. The van der Waals surface area contributed by atoms with E-state index in [1.54, 1.807) is 24.5 Å². The second-order valence-electron chi connectivity index (χ2n) is 4.30. The van der Waals surface area contributed by atoms with Gasteiger partial charge >= 0.3 is 0 Å². The van der Waals surface area contributed by atoms with E-state index < -0.39 is 4.92 Å². The molecule has 0 aliphatic rings. The number of nitro benzene ring substituents is 1. The molecule has 6 heteroatoms. The lowest BCUT2D eigenvalue weighted by Gasteiger charge is -2.13. The summed E-state index contributed by atoms with van der Waals surface area (Å²) in [5, 5.41) is 13.8. The maximum atomic E-state index is 10.7. The van der Waals surface area contributed by atoms with Gasteiger partial charge in [0.25, 0.3) is 5.69 Å². The molecule has 1 unspecified atom stereocenters. The van der Waals surface area contributed by atoms with Crippen molar-refractivity contribution >= 4 is 11.6 Å². The lowest BCUT2D eigenvalue weighted by atomic mass is 10.1. The van der Waals surface area contributed by atoms with Crippen molar-refractivity contribution in [3.63, 3.8) is 0 Å². The van der Waals surface area contributed by atoms with Gasteiger partial charge in [-0.15, -0.1) is 0 Å². The van der Waals surface area contributed by atoms with Crippen molar-refractivity contribution in [2.45, 2.75) is 19.9 Å². The molecule has 0 aliphatic heterocycles. The van der Waals surface area contributed by atoms with Crippen LogP contribution in [0.25, 0.3) is 0 Å². The molecule has 0 saturated heterocycles. The number of benzene rings is 1. The van der Waals surface area contributed by atoms with Gasteiger partial charge in [0.2, 0.25) is 5.95 Å². The van der Waals surface area contributed by atoms with Crippen LogP contribution in [0.3, 0.4) is 0 Å². The molecular formula is C13H14N4O2. The highest BCUT2D eigenvalue weighted by atomic mass is 16.6. The van der Waals surface area contributed by atoms with Gasteiger partial charge in [-0.25, -0.2) is 9.97 Å². The lowest BCUT2D eigenvalue weighted by Crippen LogP contribution is -2.09. The molecular weight excluding hydrogens is 244 g/mol. The van der Waals surface area contributed by atoms with Crippen molar-refractivity contribution < 1.29 is 4.92 Å². The van der Waals surface area contributed by atoms with Crippen LogP contribution in [0.5, 0.6) is 0 Å². The van der Waals surface area contributed by atoms with Crippen LogP contribution in [-0.2, 0) is 0 Å². The predicted octanol–water partition coefficient (Wildman–Crippen LogP) is 2.87. The summed E-state index contributed by atoms with van der Waals surface area (Å²) < 4.78 is 0. The zero-order valence-electron chi connectivity index (χ0n) is 10.7. The Labute approximate surface area is 110 Å². The van der Waals surface area contributed by atoms with E-state index in [9.17, 15) is 10.1 Å². The highest BCUT2D eigenvalue weighted by Crippen LogP contribution is 2.21. The first kappa shape index (κ1) is 12.9. The second-order valence-corrected chi connectivity index (χ2v) is 4.30. The van der Waals surface area contributed by atoms with E-state index >= 15 is 0 Å². The number of aryl methyl sites for hydroxylation is 1. The molecule has 2 aromatic rings. The van der Waals surface area contributed by atoms with Crippen LogP contribution in [0.4, 0.5) is 11.6 Å². The Morgan fingerprint density at radius 2 is 2.00 bits per heavy atom. The summed E-state index contributed by atoms with van der Waals surface area (Å²) in [7, 11) is 0. The van der Waals surface area contributed by atoms with Gasteiger partial charge in [-0.05, 0) is 25.0 Å². The smallest absolute Gasteiger partial charge is 0.269 e. The molecule has 6 nitrogen and oxygen atoms in total. The van der Waals surface area contributed by atoms with Gasteiger partial charge in [0.05, 0.1) is 11.0 Å².